The van der Waals surface area contributed by atoms with Crippen LogP contribution in [0.15, 0.2) is 12.2 Å². The summed E-state index contributed by atoms with van der Waals surface area (Å²) in [6.07, 6.45) is 10.8. The molecule has 0 unspecified atom stereocenters. The summed E-state index contributed by atoms with van der Waals surface area (Å²) in [6.45, 7) is 2.99. The molecule has 0 saturated carbocycles. The molecule has 0 aliphatic rings. The summed E-state index contributed by atoms with van der Waals surface area (Å²) in [5, 5.41) is 0. The van der Waals surface area contributed by atoms with Gasteiger partial charge >= 0.3 is 0 Å². The molecular weight excluding hydrogens is 136 g/mol. The lowest BCUT2D eigenvalue weighted by Gasteiger charge is -1.97. The smallest absolute Gasteiger partial charge is 0.0462 e. The number of hydrogen-bond acceptors (Lipinski definition) is 1. The number of allylic oxidation sites excluding steroid dienone is 2. The normalized spacial score (nSPS) is 11.1. The van der Waals surface area contributed by atoms with Crippen LogP contribution in [0.3, 0.4) is 0 Å². The molecule has 11 heavy (non-hydrogen) atoms. The van der Waals surface area contributed by atoms with E-state index in [9.17, 15) is 0 Å². The van der Waals surface area contributed by atoms with E-state index in [1.54, 1.807) is 7.11 Å². The van der Waals surface area contributed by atoms with Crippen molar-refractivity contribution in [3.8, 4) is 0 Å². The van der Waals surface area contributed by atoms with E-state index in [1.165, 1.54) is 32.1 Å². The minimum absolute atomic E-state index is 0.920. The van der Waals surface area contributed by atoms with Crippen LogP contribution >= 0.6 is 0 Å². The summed E-state index contributed by atoms with van der Waals surface area (Å²) >= 11 is 0. The fourth-order valence-corrected chi connectivity index (χ4v) is 1.03. The molecule has 0 spiro atoms. The Labute approximate surface area is 70.4 Å². The molecule has 0 aliphatic carbocycles. The quantitative estimate of drug-likeness (QED) is 0.406. The molecule has 0 aromatic carbocycles. The second-order valence-electron chi connectivity index (χ2n) is 2.76. The monoisotopic (exact) mass is 156 g/mol. The van der Waals surface area contributed by atoms with Crippen molar-refractivity contribution in [2.45, 2.75) is 39.0 Å². The van der Waals surface area contributed by atoms with Gasteiger partial charge in [-0.25, -0.2) is 0 Å². The maximum Gasteiger partial charge on any atom is 0.0462 e. The Hall–Kier alpha value is -0.300. The molecule has 0 aromatic heterocycles. The van der Waals surface area contributed by atoms with E-state index >= 15 is 0 Å². The van der Waals surface area contributed by atoms with E-state index in [4.69, 9.17) is 4.74 Å². The number of methoxy groups -OCH3 is 1. The third kappa shape index (κ3) is 9.70. The van der Waals surface area contributed by atoms with E-state index in [0.717, 1.165) is 6.61 Å². The van der Waals surface area contributed by atoms with Crippen molar-refractivity contribution in [1.29, 1.82) is 0 Å². The number of rotatable bonds is 7. The summed E-state index contributed by atoms with van der Waals surface area (Å²) < 4.78 is 4.96. The van der Waals surface area contributed by atoms with Crippen LogP contribution in [-0.4, -0.2) is 13.7 Å². The van der Waals surface area contributed by atoms with Gasteiger partial charge in [-0.2, -0.15) is 0 Å². The highest BCUT2D eigenvalue weighted by Gasteiger charge is 1.87. The van der Waals surface area contributed by atoms with Crippen molar-refractivity contribution in [1.82, 2.24) is 0 Å². The molecule has 0 N–H and O–H groups in total. The zero-order valence-corrected chi connectivity index (χ0v) is 7.81. The minimum Gasteiger partial charge on any atom is -0.385 e. The molecule has 0 heterocycles. The summed E-state index contributed by atoms with van der Waals surface area (Å²) in [5.74, 6) is 0. The van der Waals surface area contributed by atoms with Crippen LogP contribution in [0.4, 0.5) is 0 Å². The van der Waals surface area contributed by atoms with Gasteiger partial charge in [-0.1, -0.05) is 25.0 Å². The highest BCUT2D eigenvalue weighted by atomic mass is 16.5. The zero-order chi connectivity index (χ0) is 8.36. The molecule has 0 amide bonds. The first-order chi connectivity index (χ1) is 5.41. The van der Waals surface area contributed by atoms with Gasteiger partial charge in [-0.05, 0) is 26.2 Å². The highest BCUT2D eigenvalue weighted by Crippen LogP contribution is 2.03. The average Bonchev–Trinajstić information content (AvgIpc) is 2.03. The van der Waals surface area contributed by atoms with Gasteiger partial charge in [0.1, 0.15) is 0 Å². The fourth-order valence-electron chi connectivity index (χ4n) is 1.03. The standard InChI is InChI=1S/C10H20O/c1-3-4-5-6-7-8-9-10-11-2/h3-4H,5-10H2,1-2H3/b4-3+. The van der Waals surface area contributed by atoms with E-state index in [1.807, 2.05) is 0 Å². The molecule has 0 atom stereocenters. The Bertz CT molecular complexity index is 86.9. The van der Waals surface area contributed by atoms with Gasteiger partial charge in [0, 0.05) is 13.7 Å². The van der Waals surface area contributed by atoms with Gasteiger partial charge in [-0.3, -0.25) is 0 Å². The van der Waals surface area contributed by atoms with Gasteiger partial charge in [0.25, 0.3) is 0 Å². The second kappa shape index (κ2) is 9.70. The van der Waals surface area contributed by atoms with Crippen LogP contribution in [0, 0.1) is 0 Å². The molecule has 66 valence electrons. The first-order valence-electron chi connectivity index (χ1n) is 4.52. The van der Waals surface area contributed by atoms with Crippen LogP contribution in [0.1, 0.15) is 39.0 Å². The lowest BCUT2D eigenvalue weighted by molar-refractivity contribution is 0.192. The topological polar surface area (TPSA) is 9.23 Å². The SMILES string of the molecule is C/C=C/CCCCCCOC. The molecule has 0 radical (unpaired) electrons. The number of hydrogen-bond donors (Lipinski definition) is 0. The van der Waals surface area contributed by atoms with Crippen LogP contribution in [0.25, 0.3) is 0 Å². The summed E-state index contributed by atoms with van der Waals surface area (Å²) in [4.78, 5) is 0. The maximum atomic E-state index is 4.96. The largest absolute Gasteiger partial charge is 0.385 e. The van der Waals surface area contributed by atoms with Gasteiger partial charge in [0.15, 0.2) is 0 Å². The molecule has 0 saturated heterocycles. The zero-order valence-electron chi connectivity index (χ0n) is 7.81. The molecule has 0 fully saturated rings. The molecule has 0 aliphatic heterocycles. The van der Waals surface area contributed by atoms with Gasteiger partial charge in [0.05, 0.1) is 0 Å². The highest BCUT2D eigenvalue weighted by molar-refractivity contribution is 4.76. The molecule has 0 rings (SSSR count). The molecule has 0 aromatic rings. The average molecular weight is 156 g/mol. The van der Waals surface area contributed by atoms with E-state index < -0.39 is 0 Å². The Kier molecular flexibility index (Phi) is 9.44. The Balaban J connectivity index is 2.79. The van der Waals surface area contributed by atoms with Crippen LogP contribution in [0.5, 0.6) is 0 Å². The summed E-state index contributed by atoms with van der Waals surface area (Å²) in [6, 6.07) is 0. The van der Waals surface area contributed by atoms with E-state index in [-0.39, 0.29) is 0 Å². The van der Waals surface area contributed by atoms with Crippen molar-refractivity contribution < 1.29 is 4.74 Å². The molecular formula is C10H20O. The predicted molar refractivity (Wildman–Crippen MR) is 49.8 cm³/mol. The van der Waals surface area contributed by atoms with Crippen molar-refractivity contribution in [2.24, 2.45) is 0 Å². The van der Waals surface area contributed by atoms with Crippen LogP contribution in [0.2, 0.25) is 0 Å². The van der Waals surface area contributed by atoms with Crippen LogP contribution in [-0.2, 0) is 4.74 Å². The first-order valence-corrected chi connectivity index (χ1v) is 4.52. The summed E-state index contributed by atoms with van der Waals surface area (Å²) in [7, 11) is 1.76. The summed E-state index contributed by atoms with van der Waals surface area (Å²) in [5.41, 5.74) is 0. The lowest BCUT2D eigenvalue weighted by Crippen LogP contribution is -1.87. The van der Waals surface area contributed by atoms with Gasteiger partial charge < -0.3 is 4.74 Å². The van der Waals surface area contributed by atoms with Crippen molar-refractivity contribution in [3.05, 3.63) is 12.2 Å². The van der Waals surface area contributed by atoms with E-state index in [2.05, 4.69) is 19.1 Å². The lowest BCUT2D eigenvalue weighted by atomic mass is 10.1. The number of unbranched alkanes of at least 4 members (excludes halogenated alkanes) is 4. The van der Waals surface area contributed by atoms with Crippen LogP contribution < -0.4 is 0 Å². The third-order valence-corrected chi connectivity index (χ3v) is 1.70. The second-order valence-corrected chi connectivity index (χ2v) is 2.76. The Morgan fingerprint density at radius 2 is 1.82 bits per heavy atom. The molecule has 1 nitrogen and oxygen atoms in total. The Morgan fingerprint density at radius 1 is 1.09 bits per heavy atom. The van der Waals surface area contributed by atoms with Gasteiger partial charge in [-0.15, -0.1) is 0 Å². The predicted octanol–water partition coefficient (Wildman–Crippen LogP) is 3.16. The van der Waals surface area contributed by atoms with Crippen molar-refractivity contribution in [2.75, 3.05) is 13.7 Å². The van der Waals surface area contributed by atoms with Gasteiger partial charge in [0.2, 0.25) is 0 Å². The first kappa shape index (κ1) is 10.7. The third-order valence-electron chi connectivity index (χ3n) is 1.70. The number of ether oxygens (including phenoxy) is 1. The Morgan fingerprint density at radius 3 is 2.45 bits per heavy atom. The van der Waals surface area contributed by atoms with E-state index in [0.29, 0.717) is 0 Å². The van der Waals surface area contributed by atoms with Crippen molar-refractivity contribution in [3.63, 3.8) is 0 Å². The fraction of sp³-hybridized carbons (Fsp3) is 0.800. The molecule has 1 heteroatoms. The molecule has 0 bridgehead atoms. The maximum absolute atomic E-state index is 4.96. The van der Waals surface area contributed by atoms with Crippen molar-refractivity contribution >= 4 is 0 Å². The minimum atomic E-state index is 0.920.